The van der Waals surface area contributed by atoms with Gasteiger partial charge >= 0.3 is 0 Å². The molecule has 0 bridgehead atoms. The summed E-state index contributed by atoms with van der Waals surface area (Å²) in [5, 5.41) is 11.7. The van der Waals surface area contributed by atoms with Crippen LogP contribution in [0.25, 0.3) is 0 Å². The fraction of sp³-hybridized carbons (Fsp3) is 0.409. The largest absolute Gasteiger partial charge is 0.492 e. The number of ether oxygens (including phenoxy) is 1. The fourth-order valence-electron chi connectivity index (χ4n) is 4.22. The topological polar surface area (TPSA) is 35.7 Å². The van der Waals surface area contributed by atoms with E-state index in [1.54, 1.807) is 7.11 Å². The molecule has 2 aliphatic rings. The highest BCUT2D eigenvalue weighted by Gasteiger charge is 2.52. The second kappa shape index (κ2) is 6.76. The zero-order valence-corrected chi connectivity index (χ0v) is 15.6. The summed E-state index contributed by atoms with van der Waals surface area (Å²) >= 11 is 0. The van der Waals surface area contributed by atoms with Crippen molar-refractivity contribution < 1.29 is 14.4 Å². The third-order valence-electron chi connectivity index (χ3n) is 5.68. The molecule has 2 aromatic rings. The Balaban J connectivity index is 1.79. The molecule has 1 N–H and O–H groups in total. The van der Waals surface area contributed by atoms with Gasteiger partial charge in [0.2, 0.25) is 0 Å². The Morgan fingerprint density at radius 3 is 2.62 bits per heavy atom. The summed E-state index contributed by atoms with van der Waals surface area (Å²) in [4.78, 5) is 2.24. The van der Waals surface area contributed by atoms with E-state index in [0.717, 1.165) is 49.2 Å². The molecule has 4 heteroatoms. The van der Waals surface area contributed by atoms with E-state index in [-0.39, 0.29) is 0 Å². The molecule has 0 amide bonds. The molecule has 2 aliphatic heterocycles. The average molecular weight is 351 g/mol. The van der Waals surface area contributed by atoms with Crippen molar-refractivity contribution in [3.63, 3.8) is 0 Å². The Labute approximate surface area is 155 Å². The number of hydrogen-bond acceptors (Lipinski definition) is 3. The van der Waals surface area contributed by atoms with E-state index < -0.39 is 5.72 Å². The number of methoxy groups -OCH3 is 1. The summed E-state index contributed by atoms with van der Waals surface area (Å²) < 4.78 is 7.78. The zero-order chi connectivity index (χ0) is 18.1. The minimum absolute atomic E-state index is 0.522. The van der Waals surface area contributed by atoms with Gasteiger partial charge in [0, 0.05) is 12.0 Å². The number of hydrogen-bond donors (Lipinski definition) is 1. The van der Waals surface area contributed by atoms with E-state index in [0.29, 0.717) is 6.54 Å². The maximum absolute atomic E-state index is 11.7. The van der Waals surface area contributed by atoms with Crippen LogP contribution in [0.3, 0.4) is 0 Å². The SMILES string of the molecule is CCc1ccc(C2(O)CN(c3ccccc3OC)C3=[N+]2CCCC3)cc1. The number of β-amino-alcohol motifs (C(OH)–C–C–N with tert-alkyl or cyclic N) is 1. The number of para-hydroxylation sites is 2. The van der Waals surface area contributed by atoms with Crippen LogP contribution in [0, 0.1) is 0 Å². The van der Waals surface area contributed by atoms with Crippen molar-refractivity contribution in [2.75, 3.05) is 25.1 Å². The second-order valence-corrected chi connectivity index (χ2v) is 7.15. The number of aryl methyl sites for hydroxylation is 1. The number of anilines is 1. The third-order valence-corrected chi connectivity index (χ3v) is 5.68. The van der Waals surface area contributed by atoms with Crippen LogP contribution in [0.15, 0.2) is 48.5 Å². The minimum Gasteiger partial charge on any atom is -0.492 e. The van der Waals surface area contributed by atoms with Gasteiger partial charge in [-0.05, 0) is 37.0 Å². The number of amidine groups is 1. The number of rotatable bonds is 4. The van der Waals surface area contributed by atoms with Crippen LogP contribution in [0.1, 0.15) is 37.3 Å². The van der Waals surface area contributed by atoms with Gasteiger partial charge < -0.3 is 9.84 Å². The molecule has 0 spiro atoms. The van der Waals surface area contributed by atoms with Crippen LogP contribution in [0.4, 0.5) is 5.69 Å². The predicted octanol–water partition coefficient (Wildman–Crippen LogP) is 3.52. The van der Waals surface area contributed by atoms with Gasteiger partial charge in [-0.1, -0.05) is 43.3 Å². The fourth-order valence-corrected chi connectivity index (χ4v) is 4.22. The van der Waals surface area contributed by atoms with Crippen LogP contribution in [-0.4, -0.2) is 35.7 Å². The van der Waals surface area contributed by atoms with Crippen molar-refractivity contribution >= 4 is 11.5 Å². The Bertz CT molecular complexity index is 828. The monoisotopic (exact) mass is 351 g/mol. The predicted molar refractivity (Wildman–Crippen MR) is 104 cm³/mol. The average Bonchev–Trinajstić information content (AvgIpc) is 3.02. The van der Waals surface area contributed by atoms with Crippen molar-refractivity contribution in [2.45, 2.75) is 38.3 Å². The van der Waals surface area contributed by atoms with Gasteiger partial charge in [-0.3, -0.25) is 0 Å². The van der Waals surface area contributed by atoms with Crippen molar-refractivity contribution in [3.8, 4) is 5.75 Å². The number of benzene rings is 2. The summed E-state index contributed by atoms with van der Waals surface area (Å²) in [5.74, 6) is 2.04. The molecule has 0 aromatic heterocycles. The first-order valence-electron chi connectivity index (χ1n) is 9.53. The molecule has 0 aliphatic carbocycles. The molecule has 0 saturated heterocycles. The summed E-state index contributed by atoms with van der Waals surface area (Å²) in [7, 11) is 1.70. The van der Waals surface area contributed by atoms with Crippen molar-refractivity contribution in [2.24, 2.45) is 0 Å². The highest BCUT2D eigenvalue weighted by Crippen LogP contribution is 2.38. The molecule has 0 fully saturated rings. The van der Waals surface area contributed by atoms with Crippen LogP contribution >= 0.6 is 0 Å². The van der Waals surface area contributed by atoms with Gasteiger partial charge in [0.05, 0.1) is 13.7 Å². The quantitative estimate of drug-likeness (QED) is 0.856. The molecule has 1 atom stereocenters. The van der Waals surface area contributed by atoms with E-state index in [1.807, 2.05) is 18.2 Å². The van der Waals surface area contributed by atoms with Gasteiger partial charge in [-0.25, -0.2) is 9.48 Å². The van der Waals surface area contributed by atoms with Crippen LogP contribution in [-0.2, 0) is 12.1 Å². The lowest BCUT2D eigenvalue weighted by molar-refractivity contribution is -0.661. The normalized spacial score (nSPS) is 22.5. The Morgan fingerprint density at radius 2 is 1.88 bits per heavy atom. The molecular formula is C22H27N2O2+. The summed E-state index contributed by atoms with van der Waals surface area (Å²) in [6.45, 7) is 3.56. The smallest absolute Gasteiger partial charge is 0.271 e. The molecule has 2 aromatic carbocycles. The zero-order valence-electron chi connectivity index (χ0n) is 15.6. The Morgan fingerprint density at radius 1 is 1.12 bits per heavy atom. The lowest BCUT2D eigenvalue weighted by Crippen LogP contribution is -2.41. The highest BCUT2D eigenvalue weighted by molar-refractivity contribution is 5.97. The molecule has 1 unspecified atom stereocenters. The number of aliphatic hydroxyl groups is 1. The van der Waals surface area contributed by atoms with Gasteiger partial charge in [0.25, 0.3) is 11.6 Å². The number of nitrogens with zero attached hydrogens (tertiary/aromatic N) is 2. The van der Waals surface area contributed by atoms with Crippen molar-refractivity contribution in [1.29, 1.82) is 0 Å². The Kier molecular flexibility index (Phi) is 4.45. The van der Waals surface area contributed by atoms with E-state index in [9.17, 15) is 5.11 Å². The van der Waals surface area contributed by atoms with Crippen molar-refractivity contribution in [1.82, 2.24) is 0 Å². The van der Waals surface area contributed by atoms with E-state index >= 15 is 0 Å². The van der Waals surface area contributed by atoms with E-state index in [2.05, 4.69) is 46.7 Å². The van der Waals surface area contributed by atoms with Crippen LogP contribution < -0.4 is 9.64 Å². The van der Waals surface area contributed by atoms with Gasteiger partial charge in [0.15, 0.2) is 18.0 Å². The third kappa shape index (κ3) is 2.69. The summed E-state index contributed by atoms with van der Waals surface area (Å²) in [6.07, 6.45) is 4.25. The molecule has 136 valence electrons. The molecule has 4 rings (SSSR count). The molecule has 0 saturated carbocycles. The highest BCUT2D eigenvalue weighted by atomic mass is 16.5. The summed E-state index contributed by atoms with van der Waals surface area (Å²) in [6, 6.07) is 16.5. The lowest BCUT2D eigenvalue weighted by Gasteiger charge is -2.24. The maximum Gasteiger partial charge on any atom is 0.271 e. The van der Waals surface area contributed by atoms with Crippen LogP contribution in [0.5, 0.6) is 5.75 Å². The standard InChI is InChI=1S/C22H27N2O2/c1-3-17-11-13-18(14-12-17)22(25)16-23(21-10-6-7-15-24(21)22)19-8-4-5-9-20(19)26-2/h4-5,8-9,11-14,25H,3,6-7,10,15-16H2,1-2H3/q+1. The molecule has 0 radical (unpaired) electrons. The van der Waals surface area contributed by atoms with E-state index in [1.165, 1.54) is 11.4 Å². The maximum atomic E-state index is 11.7. The van der Waals surface area contributed by atoms with E-state index in [4.69, 9.17) is 4.74 Å². The molecule has 26 heavy (non-hydrogen) atoms. The first-order valence-corrected chi connectivity index (χ1v) is 9.53. The van der Waals surface area contributed by atoms with Gasteiger partial charge in [-0.15, -0.1) is 0 Å². The first-order chi connectivity index (χ1) is 12.7. The van der Waals surface area contributed by atoms with Crippen molar-refractivity contribution in [3.05, 3.63) is 59.7 Å². The minimum atomic E-state index is -0.997. The lowest BCUT2D eigenvalue weighted by atomic mass is 9.99. The Hall–Kier alpha value is -2.33. The summed E-state index contributed by atoms with van der Waals surface area (Å²) in [5.41, 5.74) is 2.28. The molecular weight excluding hydrogens is 324 g/mol. The van der Waals surface area contributed by atoms with Gasteiger partial charge in [-0.2, -0.15) is 0 Å². The second-order valence-electron chi connectivity index (χ2n) is 7.15. The first kappa shape index (κ1) is 17.1. The van der Waals surface area contributed by atoms with Gasteiger partial charge in [0.1, 0.15) is 0 Å². The van der Waals surface area contributed by atoms with Crippen LogP contribution in [0.2, 0.25) is 0 Å². The molecule has 2 heterocycles. The molecule has 4 nitrogen and oxygen atoms in total.